The Bertz CT molecular complexity index is 721. The van der Waals surface area contributed by atoms with Crippen molar-refractivity contribution in [3.8, 4) is 0 Å². The second-order valence-electron chi connectivity index (χ2n) is 6.16. The van der Waals surface area contributed by atoms with Crippen molar-refractivity contribution < 1.29 is 9.53 Å². The summed E-state index contributed by atoms with van der Waals surface area (Å²) in [6.45, 7) is 2.11. The molecule has 2 amide bonds. The highest BCUT2D eigenvalue weighted by Crippen LogP contribution is 2.38. The number of ether oxygens (including phenoxy) is 1. The fourth-order valence-electron chi connectivity index (χ4n) is 3.60. The number of amides is 2. The van der Waals surface area contributed by atoms with E-state index >= 15 is 0 Å². The Labute approximate surface area is 134 Å². The van der Waals surface area contributed by atoms with Crippen molar-refractivity contribution in [3.63, 3.8) is 0 Å². The van der Waals surface area contributed by atoms with Crippen LogP contribution in [0, 0.1) is 0 Å². The van der Waals surface area contributed by atoms with Crippen LogP contribution in [0.5, 0.6) is 0 Å². The molecule has 1 fully saturated rings. The van der Waals surface area contributed by atoms with Gasteiger partial charge in [-0.3, -0.25) is 4.68 Å². The predicted molar refractivity (Wildman–Crippen MR) is 84.7 cm³/mol. The second-order valence-corrected chi connectivity index (χ2v) is 6.16. The summed E-state index contributed by atoms with van der Waals surface area (Å²) in [4.78, 5) is 13.6. The lowest BCUT2D eigenvalue weighted by Gasteiger charge is -2.23. The summed E-state index contributed by atoms with van der Waals surface area (Å²) in [6.07, 6.45) is 5.86. The van der Waals surface area contributed by atoms with Gasteiger partial charge in [0.25, 0.3) is 0 Å². The monoisotopic (exact) mass is 312 g/mol. The fraction of sp³-hybridized carbons (Fsp3) is 0.412. The van der Waals surface area contributed by atoms with Gasteiger partial charge in [0.2, 0.25) is 0 Å². The van der Waals surface area contributed by atoms with E-state index in [4.69, 9.17) is 10.5 Å². The second kappa shape index (κ2) is 5.70. The molecule has 1 aromatic heterocycles. The minimum Gasteiger partial charge on any atom is -0.381 e. The molecule has 2 aromatic rings. The maximum Gasteiger partial charge on any atom is 0.315 e. The Hall–Kier alpha value is -2.34. The van der Waals surface area contributed by atoms with Crippen molar-refractivity contribution in [2.24, 2.45) is 5.73 Å². The number of hydrogen-bond donors (Lipinski definition) is 1. The third kappa shape index (κ3) is 2.49. The van der Waals surface area contributed by atoms with Gasteiger partial charge >= 0.3 is 6.03 Å². The van der Waals surface area contributed by atoms with E-state index in [2.05, 4.69) is 17.4 Å². The van der Waals surface area contributed by atoms with E-state index in [-0.39, 0.29) is 6.04 Å². The lowest BCUT2D eigenvalue weighted by atomic mass is 10.0. The normalized spacial score (nSPS) is 21.4. The van der Waals surface area contributed by atoms with Crippen LogP contribution in [0.25, 0.3) is 0 Å². The minimum atomic E-state index is -0.398. The van der Waals surface area contributed by atoms with Gasteiger partial charge in [-0.15, -0.1) is 0 Å². The Balaban J connectivity index is 1.68. The number of nitrogens with two attached hydrogens (primary N) is 1. The van der Waals surface area contributed by atoms with Crippen LogP contribution in [-0.4, -0.2) is 33.9 Å². The molecule has 23 heavy (non-hydrogen) atoms. The van der Waals surface area contributed by atoms with Crippen molar-refractivity contribution >= 4 is 6.03 Å². The van der Waals surface area contributed by atoms with Gasteiger partial charge in [-0.1, -0.05) is 24.3 Å². The molecule has 3 heterocycles. The number of nitrogens with zero attached hydrogens (tertiary/aromatic N) is 3. The zero-order chi connectivity index (χ0) is 15.8. The molecule has 0 saturated carbocycles. The van der Waals surface area contributed by atoms with Crippen LogP contribution in [0.3, 0.4) is 0 Å². The topological polar surface area (TPSA) is 73.4 Å². The van der Waals surface area contributed by atoms with Crippen molar-refractivity contribution in [1.82, 2.24) is 14.7 Å². The first-order valence-corrected chi connectivity index (χ1v) is 7.99. The lowest BCUT2D eigenvalue weighted by molar-refractivity contribution is 0.0662. The first-order valence-electron chi connectivity index (χ1n) is 7.99. The molecule has 1 unspecified atom stereocenters. The average molecular weight is 312 g/mol. The van der Waals surface area contributed by atoms with Crippen LogP contribution in [0.4, 0.5) is 4.79 Å². The molecule has 0 radical (unpaired) electrons. The van der Waals surface area contributed by atoms with Gasteiger partial charge in [0.05, 0.1) is 18.3 Å². The standard InChI is InChI=1S/C17H20N4O2/c18-17(22)20-10-12-3-1-2-4-15(12)16(20)13-9-19-21(11-13)14-5-7-23-8-6-14/h1-4,9,11,14,16H,5-8,10H2,(H2,18,22). The van der Waals surface area contributed by atoms with Crippen LogP contribution < -0.4 is 5.73 Å². The first-order chi connectivity index (χ1) is 11.2. The van der Waals surface area contributed by atoms with Crippen LogP contribution in [0.2, 0.25) is 0 Å². The number of primary amides is 1. The number of carbonyl (C=O) groups excluding carboxylic acids is 1. The summed E-state index contributed by atoms with van der Waals surface area (Å²) >= 11 is 0. The van der Waals surface area contributed by atoms with E-state index in [0.29, 0.717) is 12.6 Å². The summed E-state index contributed by atoms with van der Waals surface area (Å²) in [6, 6.07) is 7.94. The number of rotatable bonds is 2. The Morgan fingerprint density at radius 2 is 2.04 bits per heavy atom. The zero-order valence-electron chi connectivity index (χ0n) is 12.9. The molecule has 0 spiro atoms. The van der Waals surface area contributed by atoms with Crippen LogP contribution in [0.15, 0.2) is 36.7 Å². The molecular weight excluding hydrogens is 292 g/mol. The van der Waals surface area contributed by atoms with Gasteiger partial charge in [-0.05, 0) is 24.0 Å². The predicted octanol–water partition coefficient (Wildman–Crippen LogP) is 2.22. The summed E-state index contributed by atoms with van der Waals surface area (Å²) < 4.78 is 7.42. The summed E-state index contributed by atoms with van der Waals surface area (Å²) in [7, 11) is 0. The molecule has 0 bridgehead atoms. The van der Waals surface area contributed by atoms with Crippen LogP contribution >= 0.6 is 0 Å². The molecule has 4 rings (SSSR count). The van der Waals surface area contributed by atoms with Crippen molar-refractivity contribution in [3.05, 3.63) is 53.3 Å². The third-order valence-corrected chi connectivity index (χ3v) is 4.79. The van der Waals surface area contributed by atoms with Crippen molar-refractivity contribution in [2.45, 2.75) is 31.5 Å². The highest BCUT2D eigenvalue weighted by atomic mass is 16.5. The zero-order valence-corrected chi connectivity index (χ0v) is 12.9. The summed E-state index contributed by atoms with van der Waals surface area (Å²) in [5, 5.41) is 4.53. The van der Waals surface area contributed by atoms with E-state index < -0.39 is 6.03 Å². The Morgan fingerprint density at radius 3 is 2.83 bits per heavy atom. The molecule has 6 heteroatoms. The molecule has 1 saturated heterocycles. The molecular formula is C17H20N4O2. The Kier molecular flexibility index (Phi) is 3.53. The molecule has 1 atom stereocenters. The van der Waals surface area contributed by atoms with Crippen LogP contribution in [0.1, 0.15) is 41.6 Å². The van der Waals surface area contributed by atoms with Gasteiger partial charge in [-0.2, -0.15) is 5.10 Å². The number of urea groups is 1. The minimum absolute atomic E-state index is 0.141. The Morgan fingerprint density at radius 1 is 1.26 bits per heavy atom. The lowest BCUT2D eigenvalue weighted by Crippen LogP contribution is -2.34. The van der Waals surface area contributed by atoms with E-state index in [9.17, 15) is 4.79 Å². The van der Waals surface area contributed by atoms with Gasteiger partial charge in [0.1, 0.15) is 0 Å². The maximum atomic E-state index is 11.9. The summed E-state index contributed by atoms with van der Waals surface area (Å²) in [5.74, 6) is 0. The van der Waals surface area contributed by atoms with Gasteiger partial charge in [-0.25, -0.2) is 4.79 Å². The summed E-state index contributed by atoms with van der Waals surface area (Å²) in [5.41, 5.74) is 8.90. The van der Waals surface area contributed by atoms with Crippen LogP contribution in [-0.2, 0) is 11.3 Å². The number of benzene rings is 1. The first kappa shape index (κ1) is 14.3. The third-order valence-electron chi connectivity index (χ3n) is 4.79. The van der Waals surface area contributed by atoms with Gasteiger partial charge < -0.3 is 15.4 Å². The molecule has 0 aliphatic carbocycles. The average Bonchev–Trinajstić information content (AvgIpc) is 3.20. The highest BCUT2D eigenvalue weighted by Gasteiger charge is 2.34. The number of hydrogen-bond acceptors (Lipinski definition) is 3. The SMILES string of the molecule is NC(=O)N1Cc2ccccc2C1c1cnn(C2CCOCC2)c1. The molecule has 1 aromatic carbocycles. The highest BCUT2D eigenvalue weighted by molar-refractivity contribution is 5.74. The van der Waals surface area contributed by atoms with E-state index in [1.807, 2.05) is 29.1 Å². The van der Waals surface area contributed by atoms with E-state index in [1.54, 1.807) is 4.90 Å². The molecule has 120 valence electrons. The molecule has 2 aliphatic heterocycles. The van der Waals surface area contributed by atoms with Gasteiger partial charge in [0, 0.05) is 31.5 Å². The van der Waals surface area contributed by atoms with E-state index in [0.717, 1.165) is 42.7 Å². The molecule has 2 N–H and O–H groups in total. The largest absolute Gasteiger partial charge is 0.381 e. The number of carbonyl (C=O) groups is 1. The maximum absolute atomic E-state index is 11.9. The molecule has 2 aliphatic rings. The van der Waals surface area contributed by atoms with Crippen molar-refractivity contribution in [1.29, 1.82) is 0 Å². The van der Waals surface area contributed by atoms with Gasteiger partial charge in [0.15, 0.2) is 0 Å². The quantitative estimate of drug-likeness (QED) is 0.924. The van der Waals surface area contributed by atoms with Crippen molar-refractivity contribution in [2.75, 3.05) is 13.2 Å². The number of aromatic nitrogens is 2. The molecule has 6 nitrogen and oxygen atoms in total. The fourth-order valence-corrected chi connectivity index (χ4v) is 3.60. The number of fused-ring (bicyclic) bond motifs is 1. The van der Waals surface area contributed by atoms with E-state index in [1.165, 1.54) is 0 Å². The smallest absolute Gasteiger partial charge is 0.315 e.